The highest BCUT2D eigenvalue weighted by Gasteiger charge is 2.36. The maximum Gasteiger partial charge on any atom is 0.228 e. The van der Waals surface area contributed by atoms with Gasteiger partial charge in [-0.3, -0.25) is 9.59 Å². The van der Waals surface area contributed by atoms with E-state index in [0.29, 0.717) is 26.1 Å². The topological polar surface area (TPSA) is 40.6 Å². The second-order valence-electron chi connectivity index (χ2n) is 7.52. The maximum absolute atomic E-state index is 13.1. The van der Waals surface area contributed by atoms with E-state index in [2.05, 4.69) is 12.1 Å². The number of hydrogen-bond acceptors (Lipinski definition) is 2. The van der Waals surface area contributed by atoms with Gasteiger partial charge in [0.1, 0.15) is 0 Å². The molecule has 2 aromatic rings. The summed E-state index contributed by atoms with van der Waals surface area (Å²) in [5.41, 5.74) is 2.33. The summed E-state index contributed by atoms with van der Waals surface area (Å²) in [5, 5.41) is 0. The van der Waals surface area contributed by atoms with Crippen LogP contribution in [-0.2, 0) is 22.6 Å². The normalized spacial score (nSPS) is 16.8. The fourth-order valence-electron chi connectivity index (χ4n) is 3.59. The summed E-state index contributed by atoms with van der Waals surface area (Å²) in [6, 6.07) is 20.3. The largest absolute Gasteiger partial charge is 0.342 e. The van der Waals surface area contributed by atoms with Crippen molar-refractivity contribution in [2.24, 2.45) is 5.92 Å². The van der Waals surface area contributed by atoms with Crippen LogP contribution >= 0.6 is 0 Å². The Balaban J connectivity index is 1.61. The van der Waals surface area contributed by atoms with Gasteiger partial charge in [0.15, 0.2) is 0 Å². The Hall–Kier alpha value is -2.62. The summed E-state index contributed by atoms with van der Waals surface area (Å²) >= 11 is 0. The van der Waals surface area contributed by atoms with Crippen LogP contribution in [0.5, 0.6) is 0 Å². The molecule has 2 aromatic carbocycles. The smallest absolute Gasteiger partial charge is 0.228 e. The van der Waals surface area contributed by atoms with Crippen LogP contribution in [0.25, 0.3) is 0 Å². The molecule has 1 atom stereocenters. The van der Waals surface area contributed by atoms with Gasteiger partial charge in [-0.15, -0.1) is 0 Å². The summed E-state index contributed by atoms with van der Waals surface area (Å²) in [4.78, 5) is 29.3. The van der Waals surface area contributed by atoms with E-state index in [1.165, 1.54) is 5.56 Å². The lowest BCUT2D eigenvalue weighted by Crippen LogP contribution is -2.41. The summed E-state index contributed by atoms with van der Waals surface area (Å²) in [5.74, 6) is -0.0588. The minimum Gasteiger partial charge on any atom is -0.342 e. The number of carbonyl (C=O) groups is 2. The molecule has 142 valence electrons. The number of hydrogen-bond donors (Lipinski definition) is 0. The van der Waals surface area contributed by atoms with Crippen LogP contribution in [0.1, 0.15) is 31.4 Å². The Labute approximate surface area is 161 Å². The van der Waals surface area contributed by atoms with Crippen molar-refractivity contribution in [3.05, 3.63) is 71.8 Å². The maximum atomic E-state index is 13.1. The van der Waals surface area contributed by atoms with E-state index in [-0.39, 0.29) is 23.8 Å². The Morgan fingerprint density at radius 2 is 1.63 bits per heavy atom. The first-order valence-corrected chi connectivity index (χ1v) is 9.70. The van der Waals surface area contributed by atoms with Gasteiger partial charge in [0.05, 0.1) is 5.92 Å². The van der Waals surface area contributed by atoms with E-state index in [9.17, 15) is 9.59 Å². The number of benzene rings is 2. The van der Waals surface area contributed by atoms with Gasteiger partial charge in [-0.05, 0) is 31.4 Å². The van der Waals surface area contributed by atoms with Gasteiger partial charge >= 0.3 is 0 Å². The van der Waals surface area contributed by atoms with Crippen molar-refractivity contribution in [2.45, 2.75) is 39.3 Å². The summed E-state index contributed by atoms with van der Waals surface area (Å²) < 4.78 is 0. The Bertz CT molecular complexity index is 758. The second kappa shape index (κ2) is 8.85. The van der Waals surface area contributed by atoms with Crippen LogP contribution in [0.3, 0.4) is 0 Å². The highest BCUT2D eigenvalue weighted by Crippen LogP contribution is 2.23. The third-order valence-electron chi connectivity index (χ3n) is 5.18. The van der Waals surface area contributed by atoms with Crippen molar-refractivity contribution >= 4 is 11.8 Å². The molecule has 1 unspecified atom stereocenters. The molecule has 1 fully saturated rings. The molecule has 4 heteroatoms. The number of likely N-dealkylation sites (tertiary alicyclic amines) is 1. The van der Waals surface area contributed by atoms with E-state index in [1.807, 2.05) is 72.2 Å². The first-order valence-electron chi connectivity index (χ1n) is 9.70. The van der Waals surface area contributed by atoms with Crippen molar-refractivity contribution in [1.82, 2.24) is 9.80 Å². The highest BCUT2D eigenvalue weighted by molar-refractivity contribution is 5.89. The molecular weight excluding hydrogens is 336 g/mol. The van der Waals surface area contributed by atoms with Crippen molar-refractivity contribution in [3.8, 4) is 0 Å². The van der Waals surface area contributed by atoms with E-state index < -0.39 is 0 Å². The zero-order valence-corrected chi connectivity index (χ0v) is 16.2. The molecule has 4 nitrogen and oxygen atoms in total. The summed E-state index contributed by atoms with van der Waals surface area (Å²) in [6.07, 6.45) is 1.15. The minimum atomic E-state index is -0.237. The third-order valence-corrected chi connectivity index (χ3v) is 5.18. The van der Waals surface area contributed by atoms with Gasteiger partial charge < -0.3 is 9.80 Å². The average molecular weight is 364 g/mol. The van der Waals surface area contributed by atoms with E-state index in [0.717, 1.165) is 12.0 Å². The minimum absolute atomic E-state index is 0.0874. The van der Waals surface area contributed by atoms with Crippen LogP contribution in [0.2, 0.25) is 0 Å². The lowest BCUT2D eigenvalue weighted by Gasteiger charge is -2.29. The van der Waals surface area contributed by atoms with Gasteiger partial charge in [0.2, 0.25) is 11.8 Å². The van der Waals surface area contributed by atoms with Gasteiger partial charge in [0.25, 0.3) is 0 Å². The molecule has 0 aliphatic carbocycles. The SMILES string of the molecule is CC(C)N(Cc1ccccc1)C(=O)C1CC(=O)N(CCc2ccccc2)C1. The molecule has 0 N–H and O–H groups in total. The fourth-order valence-corrected chi connectivity index (χ4v) is 3.59. The van der Waals surface area contributed by atoms with Crippen molar-refractivity contribution in [2.75, 3.05) is 13.1 Å². The average Bonchev–Trinajstić information content (AvgIpc) is 3.06. The Morgan fingerprint density at radius 3 is 2.22 bits per heavy atom. The zero-order chi connectivity index (χ0) is 19.2. The molecule has 0 radical (unpaired) electrons. The van der Waals surface area contributed by atoms with Crippen molar-refractivity contribution < 1.29 is 9.59 Å². The van der Waals surface area contributed by atoms with Crippen molar-refractivity contribution in [1.29, 1.82) is 0 Å². The van der Waals surface area contributed by atoms with E-state index in [4.69, 9.17) is 0 Å². The predicted molar refractivity (Wildman–Crippen MR) is 107 cm³/mol. The molecule has 1 heterocycles. The monoisotopic (exact) mass is 364 g/mol. The summed E-state index contributed by atoms with van der Waals surface area (Å²) in [7, 11) is 0. The lowest BCUT2D eigenvalue weighted by atomic mass is 10.1. The van der Waals surface area contributed by atoms with Crippen LogP contribution in [0, 0.1) is 5.92 Å². The number of nitrogens with zero attached hydrogens (tertiary/aromatic N) is 2. The molecule has 27 heavy (non-hydrogen) atoms. The molecule has 1 saturated heterocycles. The number of rotatable bonds is 7. The molecule has 0 saturated carbocycles. The zero-order valence-electron chi connectivity index (χ0n) is 16.2. The van der Waals surface area contributed by atoms with Crippen LogP contribution in [0.15, 0.2) is 60.7 Å². The summed E-state index contributed by atoms with van der Waals surface area (Å²) in [6.45, 7) is 5.86. The first-order chi connectivity index (χ1) is 13.0. The van der Waals surface area contributed by atoms with Gasteiger partial charge in [-0.25, -0.2) is 0 Å². The van der Waals surface area contributed by atoms with Crippen LogP contribution < -0.4 is 0 Å². The molecule has 3 rings (SSSR count). The van der Waals surface area contributed by atoms with Crippen LogP contribution in [-0.4, -0.2) is 40.7 Å². The van der Waals surface area contributed by atoms with E-state index in [1.54, 1.807) is 0 Å². The van der Waals surface area contributed by atoms with Gasteiger partial charge in [-0.1, -0.05) is 60.7 Å². The Morgan fingerprint density at radius 1 is 1.04 bits per heavy atom. The molecular formula is C23H28N2O2. The first kappa shape index (κ1) is 19.2. The molecule has 0 spiro atoms. The third kappa shape index (κ3) is 4.97. The van der Waals surface area contributed by atoms with Gasteiger partial charge in [0, 0.05) is 32.1 Å². The van der Waals surface area contributed by atoms with Crippen LogP contribution in [0.4, 0.5) is 0 Å². The quantitative estimate of drug-likeness (QED) is 0.754. The Kier molecular flexibility index (Phi) is 6.28. The van der Waals surface area contributed by atoms with Gasteiger partial charge in [-0.2, -0.15) is 0 Å². The predicted octanol–water partition coefficient (Wildman–Crippen LogP) is 3.51. The molecule has 2 amide bonds. The molecule has 1 aliphatic rings. The fraction of sp³-hybridized carbons (Fsp3) is 0.391. The lowest BCUT2D eigenvalue weighted by molar-refractivity contribution is -0.138. The number of carbonyl (C=O) groups excluding carboxylic acids is 2. The standard InChI is InChI=1S/C23H28N2O2/c1-18(2)25(16-20-11-7-4-8-12-20)23(27)21-15-22(26)24(17-21)14-13-19-9-5-3-6-10-19/h3-12,18,21H,13-17H2,1-2H3. The van der Waals surface area contributed by atoms with E-state index >= 15 is 0 Å². The second-order valence-corrected chi connectivity index (χ2v) is 7.52. The number of amides is 2. The molecule has 1 aliphatic heterocycles. The molecule has 0 aromatic heterocycles. The molecule has 0 bridgehead atoms. The van der Waals surface area contributed by atoms with Crippen molar-refractivity contribution in [3.63, 3.8) is 0 Å². The highest BCUT2D eigenvalue weighted by atomic mass is 16.2.